The number of carbonyl (C=O) groups is 1. The topological polar surface area (TPSA) is 87.9 Å². The number of nitrogens with zero attached hydrogens (tertiary/aromatic N) is 1. The molecule has 2 aromatic carbocycles. The maximum atomic E-state index is 12.1. The molecule has 8 heteroatoms. The molecule has 2 aromatic rings. The first-order valence-electron chi connectivity index (χ1n) is 8.30. The first kappa shape index (κ1) is 19.2. The van der Waals surface area contributed by atoms with Gasteiger partial charge in [0.25, 0.3) is 5.69 Å². The van der Waals surface area contributed by atoms with E-state index in [4.69, 9.17) is 14.2 Å². The number of esters is 1. The number of nitro groups is 1. The number of benzene rings is 2. The predicted molar refractivity (Wildman–Crippen MR) is 99.8 cm³/mol. The van der Waals surface area contributed by atoms with Crippen molar-refractivity contribution in [1.82, 2.24) is 0 Å². The number of fused-ring (bicyclic) bond motifs is 1. The molecule has 0 saturated heterocycles. The zero-order valence-corrected chi connectivity index (χ0v) is 15.8. The van der Waals surface area contributed by atoms with Crippen molar-refractivity contribution in [3.8, 4) is 5.75 Å². The molecule has 0 atom stereocenters. The minimum Gasteiger partial charge on any atom is -0.467 e. The van der Waals surface area contributed by atoms with Crippen molar-refractivity contribution in [3.63, 3.8) is 0 Å². The van der Waals surface area contributed by atoms with E-state index in [1.54, 1.807) is 0 Å². The fourth-order valence-electron chi connectivity index (χ4n) is 2.69. The van der Waals surface area contributed by atoms with Gasteiger partial charge >= 0.3 is 5.97 Å². The molecule has 1 aliphatic rings. The number of thioether (sulfide) groups is 1. The summed E-state index contributed by atoms with van der Waals surface area (Å²) in [6.45, 7) is 4.18. The Labute approximate surface area is 160 Å². The summed E-state index contributed by atoms with van der Waals surface area (Å²) < 4.78 is 15.9. The second-order valence-electron chi connectivity index (χ2n) is 6.18. The largest absolute Gasteiger partial charge is 0.467 e. The van der Waals surface area contributed by atoms with Gasteiger partial charge in [0.1, 0.15) is 12.4 Å². The number of hydrogen-bond donors (Lipinski definition) is 0. The van der Waals surface area contributed by atoms with E-state index in [1.165, 1.54) is 23.9 Å². The van der Waals surface area contributed by atoms with Gasteiger partial charge in [-0.25, -0.2) is 0 Å². The molecule has 0 amide bonds. The standard InChI is InChI=1S/C19H19NO6S/c1-12-3-4-13(2)17(5-12)27-10-18(21)25-9-15-7-16(20(22)23)6-14-8-24-11-26-19(14)15/h3-7H,8-11H2,1-2H3. The monoisotopic (exact) mass is 389 g/mol. The summed E-state index contributed by atoms with van der Waals surface area (Å²) in [5, 5.41) is 11.1. The van der Waals surface area contributed by atoms with Gasteiger partial charge in [0.2, 0.25) is 0 Å². The van der Waals surface area contributed by atoms with Crippen LogP contribution in [0.25, 0.3) is 0 Å². The normalized spacial score (nSPS) is 12.8. The van der Waals surface area contributed by atoms with E-state index < -0.39 is 10.9 Å². The minimum atomic E-state index is -0.490. The number of hydrogen-bond acceptors (Lipinski definition) is 7. The van der Waals surface area contributed by atoms with Crippen molar-refractivity contribution >= 4 is 23.4 Å². The third kappa shape index (κ3) is 4.78. The highest BCUT2D eigenvalue weighted by atomic mass is 32.2. The number of ether oxygens (including phenoxy) is 3. The molecule has 0 bridgehead atoms. The zero-order valence-electron chi connectivity index (χ0n) is 15.0. The lowest BCUT2D eigenvalue weighted by Gasteiger charge is -2.20. The fraction of sp³-hybridized carbons (Fsp3) is 0.316. The van der Waals surface area contributed by atoms with E-state index in [1.807, 2.05) is 32.0 Å². The third-order valence-corrected chi connectivity index (χ3v) is 5.19. The van der Waals surface area contributed by atoms with E-state index in [-0.39, 0.29) is 31.4 Å². The van der Waals surface area contributed by atoms with E-state index >= 15 is 0 Å². The highest BCUT2D eigenvalue weighted by Gasteiger charge is 2.21. The number of rotatable bonds is 6. The maximum Gasteiger partial charge on any atom is 0.316 e. The molecule has 0 radical (unpaired) electrons. The molecule has 0 aliphatic carbocycles. The summed E-state index contributed by atoms with van der Waals surface area (Å²) in [5.74, 6) is 0.251. The van der Waals surface area contributed by atoms with Gasteiger partial charge in [0, 0.05) is 28.2 Å². The lowest BCUT2D eigenvalue weighted by molar-refractivity contribution is -0.385. The van der Waals surface area contributed by atoms with Crippen molar-refractivity contribution in [2.24, 2.45) is 0 Å². The highest BCUT2D eigenvalue weighted by Crippen LogP contribution is 2.33. The van der Waals surface area contributed by atoms with Crippen molar-refractivity contribution in [2.45, 2.75) is 32.0 Å². The molecule has 1 aliphatic heterocycles. The van der Waals surface area contributed by atoms with Crippen LogP contribution in [0.3, 0.4) is 0 Å². The smallest absolute Gasteiger partial charge is 0.316 e. The minimum absolute atomic E-state index is 0.0637. The van der Waals surface area contributed by atoms with Crippen LogP contribution in [0.4, 0.5) is 5.69 Å². The van der Waals surface area contributed by atoms with Crippen LogP contribution in [0, 0.1) is 24.0 Å². The van der Waals surface area contributed by atoms with Crippen molar-refractivity contribution < 1.29 is 23.9 Å². The first-order valence-corrected chi connectivity index (χ1v) is 9.29. The highest BCUT2D eigenvalue weighted by molar-refractivity contribution is 8.00. The van der Waals surface area contributed by atoms with Gasteiger partial charge in [-0.15, -0.1) is 11.8 Å². The van der Waals surface area contributed by atoms with Gasteiger partial charge in [-0.05, 0) is 25.5 Å². The van der Waals surface area contributed by atoms with Crippen LogP contribution in [0.1, 0.15) is 22.3 Å². The molecule has 0 aromatic heterocycles. The molecule has 7 nitrogen and oxygen atoms in total. The Morgan fingerprint density at radius 2 is 2.11 bits per heavy atom. The lowest BCUT2D eigenvalue weighted by Crippen LogP contribution is -2.15. The quantitative estimate of drug-likeness (QED) is 0.320. The van der Waals surface area contributed by atoms with Crippen LogP contribution >= 0.6 is 11.8 Å². The molecule has 1 heterocycles. The second kappa shape index (κ2) is 8.41. The van der Waals surface area contributed by atoms with E-state index in [0.717, 1.165) is 16.0 Å². The molecule has 27 heavy (non-hydrogen) atoms. The summed E-state index contributed by atoms with van der Waals surface area (Å²) in [4.78, 5) is 23.8. The van der Waals surface area contributed by atoms with Gasteiger partial charge in [-0.3, -0.25) is 14.9 Å². The average Bonchev–Trinajstić information content (AvgIpc) is 2.66. The molecular formula is C19H19NO6S. The van der Waals surface area contributed by atoms with Crippen LogP contribution in [0.5, 0.6) is 5.75 Å². The van der Waals surface area contributed by atoms with Gasteiger partial charge in [0.05, 0.1) is 17.3 Å². The summed E-state index contributed by atoms with van der Waals surface area (Å²) in [5.41, 5.74) is 3.18. The Morgan fingerprint density at radius 3 is 2.89 bits per heavy atom. The Bertz CT molecular complexity index is 883. The molecule has 0 saturated carbocycles. The number of carbonyl (C=O) groups excluding carboxylic acids is 1. The van der Waals surface area contributed by atoms with Crippen LogP contribution in [0.2, 0.25) is 0 Å². The lowest BCUT2D eigenvalue weighted by atomic mass is 10.1. The summed E-state index contributed by atoms with van der Waals surface area (Å²) >= 11 is 1.41. The van der Waals surface area contributed by atoms with Gasteiger partial charge < -0.3 is 14.2 Å². The molecule has 0 unspecified atom stereocenters. The molecule has 0 spiro atoms. The van der Waals surface area contributed by atoms with Crippen LogP contribution in [0.15, 0.2) is 35.2 Å². The number of nitro benzene ring substituents is 1. The van der Waals surface area contributed by atoms with Gasteiger partial charge in [-0.1, -0.05) is 17.7 Å². The van der Waals surface area contributed by atoms with Crippen LogP contribution < -0.4 is 4.74 Å². The molecule has 0 fully saturated rings. The van der Waals surface area contributed by atoms with Gasteiger partial charge in [0.15, 0.2) is 6.79 Å². The Kier molecular flexibility index (Phi) is 5.98. The van der Waals surface area contributed by atoms with Crippen LogP contribution in [-0.2, 0) is 27.5 Å². The molecular weight excluding hydrogens is 370 g/mol. The Hall–Kier alpha value is -2.58. The Balaban J connectivity index is 1.65. The second-order valence-corrected chi connectivity index (χ2v) is 7.20. The summed E-state index contributed by atoms with van der Waals surface area (Å²) in [6.07, 6.45) is 0. The van der Waals surface area contributed by atoms with Crippen LogP contribution in [-0.4, -0.2) is 23.4 Å². The zero-order chi connectivity index (χ0) is 19.4. The summed E-state index contributed by atoms with van der Waals surface area (Å²) in [6, 6.07) is 8.84. The van der Waals surface area contributed by atoms with Crippen molar-refractivity contribution in [2.75, 3.05) is 12.5 Å². The molecule has 142 valence electrons. The SMILES string of the molecule is Cc1ccc(C)c(SCC(=O)OCc2cc([N+](=O)[O-])cc3c2OCOC3)c1. The fourth-order valence-corrected chi connectivity index (χ4v) is 3.61. The Morgan fingerprint density at radius 1 is 1.30 bits per heavy atom. The number of non-ortho nitro benzene ring substituents is 1. The average molecular weight is 389 g/mol. The van der Waals surface area contributed by atoms with E-state index in [2.05, 4.69) is 0 Å². The molecule has 0 N–H and O–H groups in total. The van der Waals surface area contributed by atoms with E-state index in [0.29, 0.717) is 16.9 Å². The predicted octanol–water partition coefficient (Wildman–Crippen LogP) is 3.91. The van der Waals surface area contributed by atoms with Crippen molar-refractivity contribution in [3.05, 3.63) is 62.7 Å². The first-order chi connectivity index (χ1) is 12.9. The van der Waals surface area contributed by atoms with Gasteiger partial charge in [-0.2, -0.15) is 0 Å². The third-order valence-electron chi connectivity index (χ3n) is 4.06. The van der Waals surface area contributed by atoms with E-state index in [9.17, 15) is 14.9 Å². The van der Waals surface area contributed by atoms with Crippen molar-refractivity contribution in [1.29, 1.82) is 0 Å². The number of aryl methyl sites for hydroxylation is 2. The maximum absolute atomic E-state index is 12.1. The molecule has 3 rings (SSSR count). The summed E-state index contributed by atoms with van der Waals surface area (Å²) in [7, 11) is 0.